The molecule has 0 aliphatic heterocycles. The second-order valence-electron chi connectivity index (χ2n) is 3.73. The zero-order chi connectivity index (χ0) is 14.4. The standard InChI is InChI=1S/C12H14N4O3/c1-7(17)11(12(13)19)16-15-10-5-3-9(4-6-10)14-8(2)18/h3-6,17H,1-2H3,(H2,13,19)(H,14,18). The summed E-state index contributed by atoms with van der Waals surface area (Å²) in [5.41, 5.74) is 5.80. The van der Waals surface area contributed by atoms with Gasteiger partial charge in [0, 0.05) is 12.6 Å². The van der Waals surface area contributed by atoms with Gasteiger partial charge in [0.1, 0.15) is 5.76 Å². The molecule has 1 aromatic rings. The first-order chi connectivity index (χ1) is 8.90. The van der Waals surface area contributed by atoms with E-state index in [0.29, 0.717) is 11.4 Å². The SMILES string of the molecule is CC(=O)Nc1ccc(N=NC(C(N)=O)=C(C)O)cc1. The van der Waals surface area contributed by atoms with Crippen molar-refractivity contribution in [2.24, 2.45) is 16.0 Å². The third-order valence-electron chi connectivity index (χ3n) is 2.03. The molecule has 1 aromatic carbocycles. The largest absolute Gasteiger partial charge is 0.510 e. The maximum Gasteiger partial charge on any atom is 0.272 e. The fourth-order valence-corrected chi connectivity index (χ4v) is 1.22. The number of hydrogen-bond donors (Lipinski definition) is 3. The number of anilines is 1. The molecule has 0 saturated heterocycles. The lowest BCUT2D eigenvalue weighted by atomic mass is 10.3. The molecule has 0 aromatic heterocycles. The van der Waals surface area contributed by atoms with Gasteiger partial charge in [-0.3, -0.25) is 9.59 Å². The molecular weight excluding hydrogens is 248 g/mol. The number of nitrogens with one attached hydrogen (secondary N) is 1. The van der Waals surface area contributed by atoms with E-state index in [1.54, 1.807) is 24.3 Å². The Balaban J connectivity index is 2.86. The summed E-state index contributed by atoms with van der Waals surface area (Å²) in [7, 11) is 0. The number of carbonyl (C=O) groups is 2. The van der Waals surface area contributed by atoms with Gasteiger partial charge >= 0.3 is 0 Å². The fraction of sp³-hybridized carbons (Fsp3) is 0.167. The van der Waals surface area contributed by atoms with E-state index >= 15 is 0 Å². The third kappa shape index (κ3) is 4.58. The molecule has 2 amide bonds. The van der Waals surface area contributed by atoms with E-state index in [2.05, 4.69) is 15.5 Å². The van der Waals surface area contributed by atoms with Crippen LogP contribution >= 0.6 is 0 Å². The molecule has 0 bridgehead atoms. The van der Waals surface area contributed by atoms with Crippen molar-refractivity contribution in [3.05, 3.63) is 35.7 Å². The summed E-state index contributed by atoms with van der Waals surface area (Å²) in [6.07, 6.45) is 0. The van der Waals surface area contributed by atoms with E-state index in [1.807, 2.05) is 0 Å². The molecule has 100 valence electrons. The lowest BCUT2D eigenvalue weighted by molar-refractivity contribution is -0.115. The quantitative estimate of drug-likeness (QED) is 0.437. The van der Waals surface area contributed by atoms with Crippen LogP contribution in [0.25, 0.3) is 0 Å². The fourth-order valence-electron chi connectivity index (χ4n) is 1.22. The minimum Gasteiger partial charge on any atom is -0.510 e. The smallest absolute Gasteiger partial charge is 0.272 e. The van der Waals surface area contributed by atoms with Gasteiger partial charge in [0.05, 0.1) is 5.69 Å². The monoisotopic (exact) mass is 262 g/mol. The second-order valence-corrected chi connectivity index (χ2v) is 3.73. The molecule has 0 fully saturated rings. The first-order valence-electron chi connectivity index (χ1n) is 5.39. The van der Waals surface area contributed by atoms with Crippen LogP contribution in [0.1, 0.15) is 13.8 Å². The number of carbonyl (C=O) groups excluding carboxylic acids is 2. The second kappa shape index (κ2) is 6.29. The van der Waals surface area contributed by atoms with Gasteiger partial charge in [-0.1, -0.05) is 0 Å². The number of rotatable bonds is 4. The van der Waals surface area contributed by atoms with Gasteiger partial charge in [0.2, 0.25) is 5.91 Å². The zero-order valence-electron chi connectivity index (χ0n) is 10.5. The Morgan fingerprint density at radius 2 is 1.79 bits per heavy atom. The number of nitrogens with two attached hydrogens (primary N) is 1. The van der Waals surface area contributed by atoms with E-state index in [0.717, 1.165) is 0 Å². The highest BCUT2D eigenvalue weighted by molar-refractivity contribution is 5.91. The summed E-state index contributed by atoms with van der Waals surface area (Å²) >= 11 is 0. The highest BCUT2D eigenvalue weighted by atomic mass is 16.3. The normalized spacial score (nSPS) is 12.1. The summed E-state index contributed by atoms with van der Waals surface area (Å²) in [5.74, 6) is -1.34. The molecule has 7 nitrogen and oxygen atoms in total. The highest BCUT2D eigenvalue weighted by Crippen LogP contribution is 2.18. The topological polar surface area (TPSA) is 117 Å². The maximum atomic E-state index is 10.9. The van der Waals surface area contributed by atoms with Crippen molar-refractivity contribution < 1.29 is 14.7 Å². The molecule has 0 saturated carbocycles. The van der Waals surface area contributed by atoms with Crippen LogP contribution in [0.5, 0.6) is 0 Å². The maximum absolute atomic E-state index is 10.9. The Hall–Kier alpha value is -2.70. The Kier molecular flexibility index (Phi) is 4.76. The van der Waals surface area contributed by atoms with Crippen molar-refractivity contribution >= 4 is 23.2 Å². The van der Waals surface area contributed by atoms with Gasteiger partial charge in [0.15, 0.2) is 5.70 Å². The van der Waals surface area contributed by atoms with Gasteiger partial charge in [-0.25, -0.2) is 0 Å². The Morgan fingerprint density at radius 3 is 2.21 bits per heavy atom. The van der Waals surface area contributed by atoms with Gasteiger partial charge in [-0.15, -0.1) is 5.11 Å². The van der Waals surface area contributed by atoms with Gasteiger partial charge < -0.3 is 16.2 Å². The molecular formula is C12H14N4O3. The van der Waals surface area contributed by atoms with Crippen LogP contribution in [-0.4, -0.2) is 16.9 Å². The van der Waals surface area contributed by atoms with E-state index in [-0.39, 0.29) is 17.4 Å². The lowest BCUT2D eigenvalue weighted by Crippen LogP contribution is -2.13. The molecule has 0 heterocycles. The number of aliphatic hydroxyl groups is 1. The van der Waals surface area contributed by atoms with Crippen molar-refractivity contribution in [3.63, 3.8) is 0 Å². The van der Waals surface area contributed by atoms with Crippen LogP contribution in [0, 0.1) is 0 Å². The first kappa shape index (κ1) is 14.4. The Bertz CT molecular complexity index is 543. The van der Waals surface area contributed by atoms with Gasteiger partial charge in [0.25, 0.3) is 5.91 Å². The summed E-state index contributed by atoms with van der Waals surface area (Å²) in [5, 5.41) is 19.1. The average molecular weight is 262 g/mol. The minimum atomic E-state index is -0.862. The van der Waals surface area contributed by atoms with Crippen LogP contribution in [0.4, 0.5) is 11.4 Å². The molecule has 0 aliphatic carbocycles. The summed E-state index contributed by atoms with van der Waals surface area (Å²) in [6.45, 7) is 2.70. The molecule has 0 spiro atoms. The molecule has 0 radical (unpaired) electrons. The predicted molar refractivity (Wildman–Crippen MR) is 69.8 cm³/mol. The van der Waals surface area contributed by atoms with Crippen molar-refractivity contribution in [3.8, 4) is 0 Å². The van der Waals surface area contributed by atoms with Crippen LogP contribution in [-0.2, 0) is 9.59 Å². The molecule has 0 aliphatic rings. The average Bonchev–Trinajstić information content (AvgIpc) is 2.29. The molecule has 0 atom stereocenters. The summed E-state index contributed by atoms with van der Waals surface area (Å²) in [6, 6.07) is 6.46. The van der Waals surface area contributed by atoms with Crippen LogP contribution in [0.2, 0.25) is 0 Å². The molecule has 1 rings (SSSR count). The van der Waals surface area contributed by atoms with Crippen molar-refractivity contribution in [1.82, 2.24) is 0 Å². The number of hydrogen-bond acceptors (Lipinski definition) is 5. The first-order valence-corrected chi connectivity index (χ1v) is 5.39. The zero-order valence-corrected chi connectivity index (χ0v) is 10.5. The predicted octanol–water partition coefficient (Wildman–Crippen LogP) is 2.00. The lowest BCUT2D eigenvalue weighted by Gasteiger charge is -2.01. The van der Waals surface area contributed by atoms with E-state index in [9.17, 15) is 14.7 Å². The van der Waals surface area contributed by atoms with Crippen molar-refractivity contribution in [2.45, 2.75) is 13.8 Å². The molecule has 19 heavy (non-hydrogen) atoms. The Labute approximate surface area is 109 Å². The number of aliphatic hydroxyl groups excluding tert-OH is 1. The van der Waals surface area contributed by atoms with Crippen molar-refractivity contribution in [2.75, 3.05) is 5.32 Å². The van der Waals surface area contributed by atoms with E-state index in [1.165, 1.54) is 13.8 Å². The van der Waals surface area contributed by atoms with E-state index < -0.39 is 5.91 Å². The number of allylic oxidation sites excluding steroid dienone is 1. The Morgan fingerprint density at radius 1 is 1.21 bits per heavy atom. The molecule has 7 heteroatoms. The highest BCUT2D eigenvalue weighted by Gasteiger charge is 2.07. The van der Waals surface area contributed by atoms with Gasteiger partial charge in [-0.05, 0) is 31.2 Å². The molecule has 0 unspecified atom stereocenters. The van der Waals surface area contributed by atoms with Crippen molar-refractivity contribution in [1.29, 1.82) is 0 Å². The number of azo groups is 1. The number of primary amides is 1. The number of amides is 2. The van der Waals surface area contributed by atoms with Crippen LogP contribution in [0.3, 0.4) is 0 Å². The number of benzene rings is 1. The van der Waals surface area contributed by atoms with E-state index in [4.69, 9.17) is 5.73 Å². The van der Waals surface area contributed by atoms with Crippen LogP contribution < -0.4 is 11.1 Å². The summed E-state index contributed by atoms with van der Waals surface area (Å²) < 4.78 is 0. The number of nitrogens with zero attached hydrogens (tertiary/aromatic N) is 2. The van der Waals surface area contributed by atoms with Crippen LogP contribution in [0.15, 0.2) is 46.0 Å². The minimum absolute atomic E-state index is 0.177. The molecule has 4 N–H and O–H groups in total. The third-order valence-corrected chi connectivity index (χ3v) is 2.03. The van der Waals surface area contributed by atoms with Gasteiger partial charge in [-0.2, -0.15) is 5.11 Å². The summed E-state index contributed by atoms with van der Waals surface area (Å²) in [4.78, 5) is 21.8.